The van der Waals surface area contributed by atoms with Crippen LogP contribution in [0.25, 0.3) is 0 Å². The minimum atomic E-state index is -0.281. The quantitative estimate of drug-likeness (QED) is 0.764. The number of hydrogen-bond acceptors (Lipinski definition) is 4. The lowest BCUT2D eigenvalue weighted by molar-refractivity contribution is 0.0734. The minimum Gasteiger partial charge on any atom is -0.346 e. The Balaban J connectivity index is 1.44. The maximum atomic E-state index is 12.9. The number of nitrogens with zero attached hydrogens (tertiary/aromatic N) is 3. The molecule has 1 aliphatic heterocycles. The molecular weight excluding hydrogens is 352 g/mol. The van der Waals surface area contributed by atoms with E-state index in [1.165, 1.54) is 23.5 Å². The Morgan fingerprint density at radius 3 is 2.61 bits per heavy atom. The molecule has 1 N–H and O–H groups in total. The van der Waals surface area contributed by atoms with Crippen molar-refractivity contribution in [2.45, 2.75) is 19.5 Å². The first kappa shape index (κ1) is 17.9. The van der Waals surface area contributed by atoms with Gasteiger partial charge in [0.1, 0.15) is 0 Å². The van der Waals surface area contributed by atoms with Gasteiger partial charge in [0.2, 0.25) is 0 Å². The van der Waals surface area contributed by atoms with E-state index < -0.39 is 0 Å². The molecule has 6 heteroatoms. The molecule has 0 saturated carbocycles. The number of benzene rings is 1. The third-order valence-electron chi connectivity index (χ3n) is 4.82. The number of hydrogen-bond donors (Lipinski definition) is 1. The summed E-state index contributed by atoms with van der Waals surface area (Å²) in [6, 6.07) is 15.3. The second kappa shape index (κ2) is 8.00. The fraction of sp³-hybridized carbons (Fsp3) is 0.182. The van der Waals surface area contributed by atoms with E-state index in [-0.39, 0.29) is 11.8 Å². The molecule has 3 aromatic rings. The van der Waals surface area contributed by atoms with Gasteiger partial charge in [-0.15, -0.1) is 0 Å². The zero-order valence-corrected chi connectivity index (χ0v) is 15.3. The van der Waals surface area contributed by atoms with Gasteiger partial charge in [-0.05, 0) is 35.7 Å². The van der Waals surface area contributed by atoms with Crippen LogP contribution >= 0.6 is 0 Å². The average Bonchev–Trinajstić information content (AvgIpc) is 2.77. The molecule has 1 aliphatic rings. The minimum absolute atomic E-state index is 0.110. The monoisotopic (exact) mass is 372 g/mol. The normalized spacial score (nSPS) is 12.9. The Kier molecular flexibility index (Phi) is 5.10. The van der Waals surface area contributed by atoms with Gasteiger partial charge < -0.3 is 10.2 Å². The largest absolute Gasteiger partial charge is 0.346 e. The number of carbonyl (C=O) groups is 2. The number of nitrogens with one attached hydrogen (secondary N) is 1. The number of amides is 2. The summed E-state index contributed by atoms with van der Waals surface area (Å²) in [5, 5.41) is 2.81. The number of pyridine rings is 2. The Morgan fingerprint density at radius 2 is 1.79 bits per heavy atom. The van der Waals surface area contributed by atoms with Gasteiger partial charge in [0, 0.05) is 31.7 Å². The Labute approximate surface area is 163 Å². The maximum Gasteiger partial charge on any atom is 0.255 e. The van der Waals surface area contributed by atoms with Gasteiger partial charge >= 0.3 is 0 Å². The Hall–Kier alpha value is -3.54. The SMILES string of the molecule is O=C(NCc1ccccn1)c1cncc(C(=O)N2CCc3ccccc3C2)c1. The van der Waals surface area contributed by atoms with Crippen molar-refractivity contribution >= 4 is 11.8 Å². The molecule has 0 unspecified atom stereocenters. The molecule has 0 fully saturated rings. The van der Waals surface area contributed by atoms with E-state index in [4.69, 9.17) is 0 Å². The van der Waals surface area contributed by atoms with Crippen molar-refractivity contribution in [2.75, 3.05) is 6.54 Å². The molecule has 4 rings (SSSR count). The van der Waals surface area contributed by atoms with Gasteiger partial charge in [0.15, 0.2) is 0 Å². The van der Waals surface area contributed by atoms with Crippen LogP contribution in [0.4, 0.5) is 0 Å². The second-order valence-electron chi connectivity index (χ2n) is 6.71. The van der Waals surface area contributed by atoms with Crippen LogP contribution in [0.1, 0.15) is 37.5 Å². The van der Waals surface area contributed by atoms with Crippen LogP contribution in [0, 0.1) is 0 Å². The van der Waals surface area contributed by atoms with Gasteiger partial charge in [0.25, 0.3) is 11.8 Å². The Morgan fingerprint density at radius 1 is 1.00 bits per heavy atom. The molecule has 0 aliphatic carbocycles. The smallest absolute Gasteiger partial charge is 0.255 e. The van der Waals surface area contributed by atoms with Crippen LogP contribution in [-0.2, 0) is 19.5 Å². The summed E-state index contributed by atoms with van der Waals surface area (Å²) < 4.78 is 0. The first-order valence-electron chi connectivity index (χ1n) is 9.20. The zero-order valence-electron chi connectivity index (χ0n) is 15.3. The molecule has 0 bridgehead atoms. The molecule has 0 spiro atoms. The summed E-state index contributed by atoms with van der Waals surface area (Å²) in [5.74, 6) is -0.391. The highest BCUT2D eigenvalue weighted by Crippen LogP contribution is 2.20. The number of carbonyl (C=O) groups excluding carboxylic acids is 2. The van der Waals surface area contributed by atoms with Gasteiger partial charge in [-0.1, -0.05) is 30.3 Å². The molecule has 6 nitrogen and oxygen atoms in total. The van der Waals surface area contributed by atoms with E-state index in [9.17, 15) is 9.59 Å². The number of fused-ring (bicyclic) bond motifs is 1. The standard InChI is InChI=1S/C22H20N4O2/c27-21(25-14-20-7-3-4-9-24-20)18-11-19(13-23-12-18)22(28)26-10-8-16-5-1-2-6-17(16)15-26/h1-7,9,11-13H,8,10,14-15H2,(H,25,27). The van der Waals surface area contributed by atoms with Crippen LogP contribution in [0.2, 0.25) is 0 Å². The highest BCUT2D eigenvalue weighted by Gasteiger charge is 2.22. The maximum absolute atomic E-state index is 12.9. The van der Waals surface area contributed by atoms with Crippen LogP contribution in [-0.4, -0.2) is 33.2 Å². The van der Waals surface area contributed by atoms with E-state index >= 15 is 0 Å². The summed E-state index contributed by atoms with van der Waals surface area (Å²) in [6.45, 7) is 1.55. The zero-order chi connectivity index (χ0) is 19.3. The fourth-order valence-corrected chi connectivity index (χ4v) is 3.31. The molecule has 3 heterocycles. The van der Waals surface area contributed by atoms with Crippen LogP contribution in [0.15, 0.2) is 67.1 Å². The third kappa shape index (κ3) is 3.91. The first-order chi connectivity index (χ1) is 13.7. The summed E-state index contributed by atoms with van der Waals surface area (Å²) >= 11 is 0. The molecule has 140 valence electrons. The lowest BCUT2D eigenvalue weighted by atomic mass is 9.99. The van der Waals surface area contributed by atoms with Crippen LogP contribution < -0.4 is 5.32 Å². The van der Waals surface area contributed by atoms with E-state index in [2.05, 4.69) is 27.4 Å². The molecule has 0 atom stereocenters. The van der Waals surface area contributed by atoms with Crippen molar-refractivity contribution < 1.29 is 9.59 Å². The van der Waals surface area contributed by atoms with Crippen LogP contribution in [0.3, 0.4) is 0 Å². The second-order valence-corrected chi connectivity index (χ2v) is 6.71. The van der Waals surface area contributed by atoms with Gasteiger partial charge in [0.05, 0.1) is 23.4 Å². The van der Waals surface area contributed by atoms with Crippen molar-refractivity contribution in [2.24, 2.45) is 0 Å². The van der Waals surface area contributed by atoms with E-state index in [1.807, 2.05) is 30.3 Å². The molecule has 2 aromatic heterocycles. The van der Waals surface area contributed by atoms with Crippen molar-refractivity contribution in [3.05, 3.63) is 95.1 Å². The van der Waals surface area contributed by atoms with Crippen molar-refractivity contribution in [3.63, 3.8) is 0 Å². The van der Waals surface area contributed by atoms with Gasteiger partial charge in [-0.25, -0.2) is 0 Å². The van der Waals surface area contributed by atoms with Gasteiger partial charge in [-0.2, -0.15) is 0 Å². The van der Waals surface area contributed by atoms with Crippen molar-refractivity contribution in [1.29, 1.82) is 0 Å². The van der Waals surface area contributed by atoms with E-state index in [0.717, 1.165) is 12.1 Å². The first-order valence-corrected chi connectivity index (χ1v) is 9.20. The van der Waals surface area contributed by atoms with Gasteiger partial charge in [-0.3, -0.25) is 19.6 Å². The summed E-state index contributed by atoms with van der Waals surface area (Å²) in [7, 11) is 0. The molecule has 1 aromatic carbocycles. The van der Waals surface area contributed by atoms with E-state index in [1.54, 1.807) is 17.2 Å². The molecule has 0 saturated heterocycles. The molecular formula is C22H20N4O2. The highest BCUT2D eigenvalue weighted by atomic mass is 16.2. The Bertz CT molecular complexity index is 1000. The lowest BCUT2D eigenvalue weighted by Gasteiger charge is -2.28. The third-order valence-corrected chi connectivity index (χ3v) is 4.82. The van der Waals surface area contributed by atoms with Crippen molar-refractivity contribution in [1.82, 2.24) is 20.2 Å². The van der Waals surface area contributed by atoms with Crippen molar-refractivity contribution in [3.8, 4) is 0 Å². The predicted octanol–water partition coefficient (Wildman–Crippen LogP) is 2.61. The predicted molar refractivity (Wildman–Crippen MR) is 105 cm³/mol. The lowest BCUT2D eigenvalue weighted by Crippen LogP contribution is -2.36. The molecule has 0 radical (unpaired) electrons. The molecule has 28 heavy (non-hydrogen) atoms. The number of rotatable bonds is 4. The summed E-state index contributed by atoms with van der Waals surface area (Å²) in [6.07, 6.45) is 5.49. The summed E-state index contributed by atoms with van der Waals surface area (Å²) in [4.78, 5) is 35.4. The van der Waals surface area contributed by atoms with Crippen LogP contribution in [0.5, 0.6) is 0 Å². The fourth-order valence-electron chi connectivity index (χ4n) is 3.31. The molecule has 2 amide bonds. The highest BCUT2D eigenvalue weighted by molar-refractivity contribution is 5.99. The average molecular weight is 372 g/mol. The topological polar surface area (TPSA) is 75.2 Å². The summed E-state index contributed by atoms with van der Waals surface area (Å²) in [5.41, 5.74) is 4.00. The number of aromatic nitrogens is 2. The van der Waals surface area contributed by atoms with E-state index in [0.29, 0.717) is 30.8 Å².